The average Bonchev–Trinajstić information content (AvgIpc) is 2.18. The number of nitrogens with zero attached hydrogens (tertiary/aromatic N) is 1. The predicted octanol–water partition coefficient (Wildman–Crippen LogP) is 2.66. The molecular formula is C11H16BrNO2. The number of methoxy groups -OCH3 is 2. The van der Waals surface area contributed by atoms with Crippen molar-refractivity contribution in [2.75, 3.05) is 28.3 Å². The maximum Gasteiger partial charge on any atom is 0.139 e. The molecule has 0 spiro atoms. The van der Waals surface area contributed by atoms with Crippen LogP contribution in [-0.2, 0) is 4.74 Å². The van der Waals surface area contributed by atoms with E-state index in [0.717, 1.165) is 15.8 Å². The van der Waals surface area contributed by atoms with Crippen molar-refractivity contribution in [3.05, 3.63) is 28.2 Å². The third kappa shape index (κ3) is 2.93. The van der Waals surface area contributed by atoms with E-state index in [1.54, 1.807) is 14.2 Å². The van der Waals surface area contributed by atoms with Crippen LogP contribution in [0.2, 0.25) is 0 Å². The molecule has 1 aromatic carbocycles. The van der Waals surface area contributed by atoms with Gasteiger partial charge in [-0.2, -0.15) is 0 Å². The predicted molar refractivity (Wildman–Crippen MR) is 64.1 cm³/mol. The number of hydrogen-bond acceptors (Lipinski definition) is 3. The smallest absolute Gasteiger partial charge is 0.139 e. The Labute approximate surface area is 99.1 Å². The van der Waals surface area contributed by atoms with Gasteiger partial charge in [-0.1, -0.05) is 15.9 Å². The van der Waals surface area contributed by atoms with Crippen LogP contribution in [0, 0.1) is 0 Å². The van der Waals surface area contributed by atoms with Gasteiger partial charge < -0.3 is 9.47 Å². The summed E-state index contributed by atoms with van der Waals surface area (Å²) in [6, 6.07) is 5.88. The van der Waals surface area contributed by atoms with Crippen molar-refractivity contribution in [2.24, 2.45) is 0 Å². The van der Waals surface area contributed by atoms with Crippen molar-refractivity contribution in [3.63, 3.8) is 0 Å². The minimum atomic E-state index is -0.0996. The van der Waals surface area contributed by atoms with Crippen LogP contribution < -0.4 is 4.74 Å². The van der Waals surface area contributed by atoms with Gasteiger partial charge in [0.25, 0.3) is 0 Å². The molecule has 15 heavy (non-hydrogen) atoms. The molecule has 0 aliphatic carbocycles. The number of halogens is 1. The third-order valence-corrected chi connectivity index (χ3v) is 2.64. The van der Waals surface area contributed by atoms with Gasteiger partial charge in [0, 0.05) is 17.1 Å². The molecule has 84 valence electrons. The van der Waals surface area contributed by atoms with Crippen molar-refractivity contribution in [2.45, 2.75) is 6.23 Å². The molecular weight excluding hydrogens is 258 g/mol. The number of ether oxygens (including phenoxy) is 2. The van der Waals surface area contributed by atoms with Crippen molar-refractivity contribution >= 4 is 15.9 Å². The summed E-state index contributed by atoms with van der Waals surface area (Å²) in [7, 11) is 7.28. The molecule has 1 rings (SSSR count). The van der Waals surface area contributed by atoms with Crippen molar-refractivity contribution in [1.82, 2.24) is 4.90 Å². The van der Waals surface area contributed by atoms with E-state index in [0.29, 0.717) is 0 Å². The maximum absolute atomic E-state index is 5.42. The van der Waals surface area contributed by atoms with Crippen LogP contribution >= 0.6 is 15.9 Å². The Morgan fingerprint density at radius 2 is 1.93 bits per heavy atom. The molecule has 1 aromatic rings. The monoisotopic (exact) mass is 273 g/mol. The fourth-order valence-electron chi connectivity index (χ4n) is 1.51. The molecule has 0 saturated heterocycles. The van der Waals surface area contributed by atoms with E-state index in [2.05, 4.69) is 15.9 Å². The molecule has 0 bridgehead atoms. The summed E-state index contributed by atoms with van der Waals surface area (Å²) in [5.74, 6) is 0.832. The summed E-state index contributed by atoms with van der Waals surface area (Å²) < 4.78 is 11.7. The van der Waals surface area contributed by atoms with E-state index in [1.807, 2.05) is 37.2 Å². The lowest BCUT2D eigenvalue weighted by molar-refractivity contribution is -0.00697. The van der Waals surface area contributed by atoms with Crippen LogP contribution in [0.1, 0.15) is 11.8 Å². The quantitative estimate of drug-likeness (QED) is 0.788. The fourth-order valence-corrected chi connectivity index (χ4v) is 1.89. The van der Waals surface area contributed by atoms with Gasteiger partial charge in [0.15, 0.2) is 0 Å². The van der Waals surface area contributed by atoms with Crippen molar-refractivity contribution < 1.29 is 9.47 Å². The molecule has 0 saturated carbocycles. The Morgan fingerprint density at radius 3 is 2.40 bits per heavy atom. The summed E-state index contributed by atoms with van der Waals surface area (Å²) in [6.45, 7) is 0. The summed E-state index contributed by atoms with van der Waals surface area (Å²) in [4.78, 5) is 1.99. The zero-order valence-electron chi connectivity index (χ0n) is 9.45. The van der Waals surface area contributed by atoms with Crippen LogP contribution in [0.15, 0.2) is 22.7 Å². The number of benzene rings is 1. The topological polar surface area (TPSA) is 21.7 Å². The lowest BCUT2D eigenvalue weighted by Gasteiger charge is -2.24. The highest BCUT2D eigenvalue weighted by molar-refractivity contribution is 9.10. The molecule has 0 fully saturated rings. The molecule has 0 aliphatic heterocycles. The lowest BCUT2D eigenvalue weighted by Crippen LogP contribution is -2.22. The van der Waals surface area contributed by atoms with Gasteiger partial charge in [-0.05, 0) is 32.3 Å². The Kier molecular flexibility index (Phi) is 4.57. The fraction of sp³-hybridized carbons (Fsp3) is 0.455. The Hall–Kier alpha value is -0.580. The van der Waals surface area contributed by atoms with Gasteiger partial charge >= 0.3 is 0 Å². The molecule has 0 amide bonds. The maximum atomic E-state index is 5.42. The van der Waals surface area contributed by atoms with E-state index in [-0.39, 0.29) is 6.23 Å². The van der Waals surface area contributed by atoms with Gasteiger partial charge in [-0.15, -0.1) is 0 Å². The van der Waals surface area contributed by atoms with Crippen LogP contribution in [0.4, 0.5) is 0 Å². The largest absolute Gasteiger partial charge is 0.496 e. The number of rotatable bonds is 4. The zero-order chi connectivity index (χ0) is 11.4. The molecule has 0 N–H and O–H groups in total. The van der Waals surface area contributed by atoms with E-state index in [9.17, 15) is 0 Å². The van der Waals surface area contributed by atoms with Gasteiger partial charge in [-0.3, -0.25) is 4.90 Å². The third-order valence-electron chi connectivity index (χ3n) is 2.15. The molecule has 1 atom stereocenters. The van der Waals surface area contributed by atoms with Crippen LogP contribution in [0.5, 0.6) is 5.75 Å². The lowest BCUT2D eigenvalue weighted by atomic mass is 10.1. The first kappa shape index (κ1) is 12.5. The minimum Gasteiger partial charge on any atom is -0.496 e. The summed E-state index contributed by atoms with van der Waals surface area (Å²) in [6.07, 6.45) is -0.0996. The van der Waals surface area contributed by atoms with Gasteiger partial charge in [0.05, 0.1) is 7.11 Å². The van der Waals surface area contributed by atoms with Crippen molar-refractivity contribution in [3.8, 4) is 5.75 Å². The Balaban J connectivity index is 3.13. The highest BCUT2D eigenvalue weighted by Crippen LogP contribution is 2.31. The molecule has 4 heteroatoms. The standard InChI is InChI=1S/C11H16BrNO2/c1-13(2)11(15-4)9-7-8(12)5-6-10(9)14-3/h5-7,11H,1-4H3. The SMILES string of the molecule is COc1ccc(Br)cc1C(OC)N(C)C. The van der Waals surface area contributed by atoms with Crippen LogP contribution in [0.25, 0.3) is 0 Å². The molecule has 0 aliphatic rings. The second-order valence-electron chi connectivity index (χ2n) is 3.44. The highest BCUT2D eigenvalue weighted by Gasteiger charge is 2.17. The van der Waals surface area contributed by atoms with Gasteiger partial charge in [-0.25, -0.2) is 0 Å². The molecule has 0 heterocycles. The highest BCUT2D eigenvalue weighted by atomic mass is 79.9. The van der Waals surface area contributed by atoms with E-state index < -0.39 is 0 Å². The normalized spacial score (nSPS) is 12.9. The average molecular weight is 274 g/mol. The minimum absolute atomic E-state index is 0.0996. The molecule has 0 radical (unpaired) electrons. The molecule has 0 aromatic heterocycles. The van der Waals surface area contributed by atoms with Gasteiger partial charge in [0.2, 0.25) is 0 Å². The summed E-state index contributed by atoms with van der Waals surface area (Å²) in [5, 5.41) is 0. The van der Waals surface area contributed by atoms with Gasteiger partial charge in [0.1, 0.15) is 12.0 Å². The number of hydrogen-bond donors (Lipinski definition) is 0. The van der Waals surface area contributed by atoms with E-state index in [1.165, 1.54) is 0 Å². The molecule has 1 unspecified atom stereocenters. The Bertz CT molecular complexity index is 328. The van der Waals surface area contributed by atoms with E-state index >= 15 is 0 Å². The first-order chi connectivity index (χ1) is 7.10. The first-order valence-corrected chi connectivity index (χ1v) is 5.42. The summed E-state index contributed by atoms with van der Waals surface area (Å²) in [5.41, 5.74) is 1.01. The first-order valence-electron chi connectivity index (χ1n) is 4.62. The Morgan fingerprint density at radius 1 is 1.27 bits per heavy atom. The van der Waals surface area contributed by atoms with Crippen LogP contribution in [-0.4, -0.2) is 33.2 Å². The zero-order valence-corrected chi connectivity index (χ0v) is 11.0. The molecule has 3 nitrogen and oxygen atoms in total. The van der Waals surface area contributed by atoms with Crippen molar-refractivity contribution in [1.29, 1.82) is 0 Å². The van der Waals surface area contributed by atoms with E-state index in [4.69, 9.17) is 9.47 Å². The summed E-state index contributed by atoms with van der Waals surface area (Å²) >= 11 is 3.44. The second kappa shape index (κ2) is 5.49. The van der Waals surface area contributed by atoms with Crippen LogP contribution in [0.3, 0.4) is 0 Å². The second-order valence-corrected chi connectivity index (χ2v) is 4.35.